The van der Waals surface area contributed by atoms with Gasteiger partial charge in [0, 0.05) is 0 Å². The first-order valence-electron chi connectivity index (χ1n) is 2.86. The van der Waals surface area contributed by atoms with Crippen LogP contribution in [-0.4, -0.2) is 18.7 Å². The molecule has 1 heterocycles. The van der Waals surface area contributed by atoms with Crippen LogP contribution in [0.4, 0.5) is 0 Å². The molecule has 50 valence electrons. The topological polar surface area (TPSA) is 12.9 Å². The van der Waals surface area contributed by atoms with Gasteiger partial charge in [-0.15, -0.1) is 0 Å². The van der Waals surface area contributed by atoms with E-state index in [0.29, 0.717) is 14.7 Å². The Morgan fingerprint density at radius 3 is 3.20 bits per heavy atom. The molecule has 0 aliphatic rings. The second-order valence-electron chi connectivity index (χ2n) is 2.01. The quantitative estimate of drug-likeness (QED) is 0.614. The summed E-state index contributed by atoms with van der Waals surface area (Å²) >= 11 is 6.07. The first-order chi connectivity index (χ1) is 4.86. The first kappa shape index (κ1) is 6.41. The Labute approximate surface area is 69.6 Å². The van der Waals surface area contributed by atoms with E-state index in [2.05, 4.69) is 3.98 Å². The summed E-state index contributed by atoms with van der Waals surface area (Å²) in [5.41, 5.74) is 0. The number of benzene rings is 1. The monoisotopic (exact) mass is 217 g/mol. The summed E-state index contributed by atoms with van der Waals surface area (Å²) in [5.74, 6) is 0. The molecule has 1 aromatic carbocycles. The molecule has 2 rings (SSSR count). The van der Waals surface area contributed by atoms with Crippen LogP contribution in [0.3, 0.4) is 0 Å². The van der Waals surface area contributed by atoms with E-state index < -0.39 is 0 Å². The van der Waals surface area contributed by atoms with Gasteiger partial charge in [-0.25, -0.2) is 0 Å². The number of halogens is 1. The molecule has 0 amide bonds. The van der Waals surface area contributed by atoms with E-state index in [-0.39, 0.29) is 0 Å². The van der Waals surface area contributed by atoms with Gasteiger partial charge in [0.1, 0.15) is 0 Å². The van der Waals surface area contributed by atoms with Crippen LogP contribution in [0.15, 0.2) is 24.4 Å². The summed E-state index contributed by atoms with van der Waals surface area (Å²) in [4.78, 5) is 0. The van der Waals surface area contributed by atoms with Gasteiger partial charge >= 0.3 is 69.4 Å². The van der Waals surface area contributed by atoms with Crippen molar-refractivity contribution in [2.24, 2.45) is 0 Å². The molecule has 0 spiro atoms. The summed E-state index contributed by atoms with van der Waals surface area (Å²) in [5, 5.41) is 1.98. The third-order valence-corrected chi connectivity index (χ3v) is 3.18. The molecule has 0 N–H and O–H groups in total. The summed E-state index contributed by atoms with van der Waals surface area (Å²) in [6, 6.07) is 5.91. The van der Waals surface area contributed by atoms with Crippen LogP contribution in [-0.2, 0) is 0 Å². The zero-order chi connectivity index (χ0) is 6.97. The third kappa shape index (κ3) is 0.988. The predicted octanol–water partition coefficient (Wildman–Crippen LogP) is 1.95. The van der Waals surface area contributed by atoms with Crippen molar-refractivity contribution in [1.82, 2.24) is 3.98 Å². The molecule has 0 bridgehead atoms. The number of fused-ring (bicyclic) bond motifs is 1. The van der Waals surface area contributed by atoms with E-state index in [1.54, 1.807) is 0 Å². The van der Waals surface area contributed by atoms with Gasteiger partial charge in [0.15, 0.2) is 0 Å². The van der Waals surface area contributed by atoms with Gasteiger partial charge in [-0.3, -0.25) is 0 Å². The normalized spacial score (nSPS) is 10.5. The molecule has 0 saturated heterocycles. The summed E-state index contributed by atoms with van der Waals surface area (Å²) in [7, 11) is 0. The van der Waals surface area contributed by atoms with Gasteiger partial charge in [-0.1, -0.05) is 0 Å². The SMILES string of the molecule is Clc1ccc2[se]ncc2c1. The Bertz CT molecular complexity index is 355. The van der Waals surface area contributed by atoms with Gasteiger partial charge in [-0.2, -0.15) is 0 Å². The van der Waals surface area contributed by atoms with Crippen molar-refractivity contribution in [3.05, 3.63) is 29.4 Å². The van der Waals surface area contributed by atoms with E-state index in [4.69, 9.17) is 11.6 Å². The standard InChI is InChI=1S/C7H4ClNSe/c8-6-1-2-7-5(3-6)4-9-10-7/h1-4H. The Hall–Kier alpha value is -0.301. The van der Waals surface area contributed by atoms with Crippen molar-refractivity contribution < 1.29 is 0 Å². The fraction of sp³-hybridized carbons (Fsp3) is 0. The van der Waals surface area contributed by atoms with Crippen LogP contribution >= 0.6 is 11.6 Å². The predicted molar refractivity (Wildman–Crippen MR) is 43.7 cm³/mol. The molecule has 0 unspecified atom stereocenters. The van der Waals surface area contributed by atoms with E-state index in [0.717, 1.165) is 5.02 Å². The number of hydrogen-bond donors (Lipinski definition) is 0. The number of nitrogens with zero attached hydrogens (tertiary/aromatic N) is 1. The molecule has 0 saturated carbocycles. The van der Waals surface area contributed by atoms with Gasteiger partial charge < -0.3 is 0 Å². The van der Waals surface area contributed by atoms with E-state index in [1.165, 1.54) is 9.65 Å². The Morgan fingerprint density at radius 2 is 2.30 bits per heavy atom. The minimum absolute atomic E-state index is 0.305. The van der Waals surface area contributed by atoms with Crippen molar-refractivity contribution >= 4 is 36.0 Å². The van der Waals surface area contributed by atoms with Crippen LogP contribution in [0.1, 0.15) is 0 Å². The average Bonchev–Trinajstić information content (AvgIpc) is 2.33. The summed E-state index contributed by atoms with van der Waals surface area (Å²) in [6.07, 6.45) is 1.89. The summed E-state index contributed by atoms with van der Waals surface area (Å²) < 4.78 is 5.50. The molecule has 0 radical (unpaired) electrons. The zero-order valence-electron chi connectivity index (χ0n) is 5.04. The van der Waals surface area contributed by atoms with Crippen molar-refractivity contribution in [2.45, 2.75) is 0 Å². The fourth-order valence-electron chi connectivity index (χ4n) is 0.843. The molecular formula is C7H4ClNSe. The van der Waals surface area contributed by atoms with Crippen molar-refractivity contribution in [2.75, 3.05) is 0 Å². The second kappa shape index (κ2) is 2.39. The molecular weight excluding hydrogens is 212 g/mol. The molecule has 3 heteroatoms. The van der Waals surface area contributed by atoms with Crippen LogP contribution in [0.25, 0.3) is 9.65 Å². The number of hydrogen-bond acceptors (Lipinski definition) is 1. The fourth-order valence-corrected chi connectivity index (χ4v) is 2.34. The molecule has 0 atom stereocenters. The van der Waals surface area contributed by atoms with Crippen LogP contribution in [0.5, 0.6) is 0 Å². The molecule has 2 aromatic rings. The van der Waals surface area contributed by atoms with Crippen molar-refractivity contribution in [1.29, 1.82) is 0 Å². The Kier molecular flexibility index (Phi) is 1.53. The number of rotatable bonds is 0. The summed E-state index contributed by atoms with van der Waals surface area (Å²) in [6.45, 7) is 0. The van der Waals surface area contributed by atoms with Gasteiger partial charge in [0.25, 0.3) is 0 Å². The van der Waals surface area contributed by atoms with E-state index >= 15 is 0 Å². The second-order valence-corrected chi connectivity index (χ2v) is 4.19. The molecule has 0 aliphatic heterocycles. The molecule has 0 aliphatic carbocycles. The maximum absolute atomic E-state index is 5.77. The Balaban J connectivity index is 2.86. The first-order valence-corrected chi connectivity index (χ1v) is 4.86. The van der Waals surface area contributed by atoms with Crippen molar-refractivity contribution in [3.8, 4) is 0 Å². The van der Waals surface area contributed by atoms with Gasteiger partial charge in [0.05, 0.1) is 0 Å². The third-order valence-electron chi connectivity index (χ3n) is 1.31. The zero-order valence-corrected chi connectivity index (χ0v) is 7.51. The molecule has 1 nitrogen and oxygen atoms in total. The van der Waals surface area contributed by atoms with Gasteiger partial charge in [-0.05, 0) is 0 Å². The molecule has 1 aromatic heterocycles. The molecule has 0 fully saturated rings. The number of aromatic nitrogens is 1. The van der Waals surface area contributed by atoms with Gasteiger partial charge in [0.2, 0.25) is 0 Å². The maximum atomic E-state index is 5.77. The molecule has 10 heavy (non-hydrogen) atoms. The minimum atomic E-state index is 0.305. The van der Waals surface area contributed by atoms with Crippen LogP contribution in [0, 0.1) is 0 Å². The van der Waals surface area contributed by atoms with E-state index in [1.807, 2.05) is 24.4 Å². The van der Waals surface area contributed by atoms with Crippen LogP contribution in [0.2, 0.25) is 5.02 Å². The Morgan fingerprint density at radius 1 is 1.40 bits per heavy atom. The average molecular weight is 217 g/mol. The van der Waals surface area contributed by atoms with Crippen LogP contribution < -0.4 is 0 Å². The van der Waals surface area contributed by atoms with E-state index in [9.17, 15) is 0 Å². The van der Waals surface area contributed by atoms with Crippen molar-refractivity contribution in [3.63, 3.8) is 0 Å².